The zero-order valence-electron chi connectivity index (χ0n) is 36.4. The van der Waals surface area contributed by atoms with Crippen molar-refractivity contribution >= 4 is 21.5 Å². The van der Waals surface area contributed by atoms with Crippen LogP contribution in [-0.4, -0.2) is 130 Å². The third-order valence-corrected chi connectivity index (χ3v) is 12.4. The topological polar surface area (TPSA) is 124 Å². The molecule has 338 valence electrons. The fraction of sp³-hybridized carbons (Fsp3) is 0.396. The van der Waals surface area contributed by atoms with Gasteiger partial charge in [0.1, 0.15) is 50.8 Å². The molecule has 65 heavy (non-hydrogen) atoms. The van der Waals surface area contributed by atoms with E-state index in [9.17, 15) is 0 Å². The molecule has 4 atom stereocenters. The van der Waals surface area contributed by atoms with Crippen molar-refractivity contribution in [3.05, 3.63) is 131 Å². The van der Waals surface area contributed by atoms with Crippen LogP contribution in [0.5, 0.6) is 23.0 Å². The molecule has 4 unspecified atom stereocenters. The van der Waals surface area contributed by atoms with Crippen molar-refractivity contribution in [3.8, 4) is 34.1 Å². The Bertz CT molecular complexity index is 2420. The second kappa shape index (κ2) is 19.3. The molecule has 0 bridgehead atoms. The third kappa shape index (κ3) is 9.27. The highest BCUT2D eigenvalue weighted by molar-refractivity contribution is 6.02. The number of rotatable bonds is 26. The molecule has 0 spiro atoms. The van der Waals surface area contributed by atoms with Crippen LogP contribution in [0, 0.1) is 0 Å². The zero-order valence-corrected chi connectivity index (χ0v) is 36.4. The minimum absolute atomic E-state index is 0.133. The van der Waals surface area contributed by atoms with Gasteiger partial charge in [-0.15, -0.1) is 0 Å². The summed E-state index contributed by atoms with van der Waals surface area (Å²) in [4.78, 5) is 0. The van der Waals surface area contributed by atoms with Gasteiger partial charge in [-0.2, -0.15) is 0 Å². The number of fused-ring (bicyclic) bond motifs is 5. The minimum Gasteiger partial charge on any atom is -0.487 e. The summed E-state index contributed by atoms with van der Waals surface area (Å²) in [7, 11) is 0. The first-order valence-electron chi connectivity index (χ1n) is 22.9. The molecule has 6 aromatic rings. The van der Waals surface area contributed by atoms with E-state index in [1.807, 2.05) is 0 Å². The zero-order chi connectivity index (χ0) is 43.4. The van der Waals surface area contributed by atoms with E-state index in [0.29, 0.717) is 102 Å². The summed E-state index contributed by atoms with van der Waals surface area (Å²) in [5.41, 5.74) is 5.14. The SMILES string of the molecule is c1ccc2c(c1)-c1ccccc1C2(c1c(OCCOCC2CO2)c(OCCOCC2CO2)cc2ccccc12)c1c(OCCOCC2CO2)c(OCCOCC2CO2)cc2ccccc12. The van der Waals surface area contributed by atoms with Crippen LogP contribution in [0.4, 0.5) is 0 Å². The van der Waals surface area contributed by atoms with E-state index in [4.69, 9.17) is 56.8 Å². The molecule has 4 fully saturated rings. The lowest BCUT2D eigenvalue weighted by Gasteiger charge is -2.38. The Balaban J connectivity index is 1.13. The van der Waals surface area contributed by atoms with Crippen LogP contribution in [0.2, 0.25) is 0 Å². The first-order chi connectivity index (χ1) is 32.3. The molecule has 12 heteroatoms. The number of benzene rings is 6. The van der Waals surface area contributed by atoms with Gasteiger partial charge in [0.2, 0.25) is 0 Å². The molecular weight excluding hydrogens is 829 g/mol. The number of hydrogen-bond acceptors (Lipinski definition) is 12. The Hall–Kier alpha value is -5.28. The van der Waals surface area contributed by atoms with Crippen molar-refractivity contribution in [2.75, 3.05) is 106 Å². The van der Waals surface area contributed by atoms with Gasteiger partial charge in [-0.1, -0.05) is 97.1 Å². The van der Waals surface area contributed by atoms with E-state index in [0.717, 1.165) is 68.1 Å². The van der Waals surface area contributed by atoms with Crippen molar-refractivity contribution in [1.82, 2.24) is 0 Å². The summed E-state index contributed by atoms with van der Waals surface area (Å²) in [6, 6.07) is 38.5. The van der Waals surface area contributed by atoms with Crippen LogP contribution >= 0.6 is 0 Å². The molecule has 0 aromatic heterocycles. The predicted octanol–water partition coefficient (Wildman–Crippen LogP) is 7.53. The molecule has 4 saturated heterocycles. The van der Waals surface area contributed by atoms with Gasteiger partial charge in [0.15, 0.2) is 23.0 Å². The Morgan fingerprint density at radius 2 is 0.738 bits per heavy atom. The lowest BCUT2D eigenvalue weighted by molar-refractivity contribution is 0.0793. The molecule has 4 heterocycles. The van der Waals surface area contributed by atoms with Crippen molar-refractivity contribution in [1.29, 1.82) is 0 Å². The largest absolute Gasteiger partial charge is 0.487 e. The summed E-state index contributed by atoms with van der Waals surface area (Å²) >= 11 is 0. The third-order valence-electron chi connectivity index (χ3n) is 12.4. The predicted molar refractivity (Wildman–Crippen MR) is 243 cm³/mol. The quantitative estimate of drug-likeness (QED) is 0.0395. The molecule has 0 radical (unpaired) electrons. The first kappa shape index (κ1) is 42.4. The van der Waals surface area contributed by atoms with Crippen molar-refractivity contribution in [3.63, 3.8) is 0 Å². The molecule has 5 aliphatic rings. The summed E-state index contributed by atoms with van der Waals surface area (Å²) in [6.07, 6.45) is 0.569. The molecular formula is C53H54O12. The summed E-state index contributed by atoms with van der Waals surface area (Å²) in [6.45, 7) is 7.61. The highest BCUT2D eigenvalue weighted by Crippen LogP contribution is 2.64. The van der Waals surface area contributed by atoms with Gasteiger partial charge >= 0.3 is 0 Å². The maximum atomic E-state index is 7.13. The molecule has 11 rings (SSSR count). The van der Waals surface area contributed by atoms with Gasteiger partial charge in [-0.25, -0.2) is 0 Å². The molecule has 4 aliphatic heterocycles. The fourth-order valence-electron chi connectivity index (χ4n) is 9.09. The number of hydrogen-bond donors (Lipinski definition) is 0. The Labute approximate surface area is 378 Å². The second-order valence-corrected chi connectivity index (χ2v) is 17.0. The highest BCUT2D eigenvalue weighted by Gasteiger charge is 2.52. The van der Waals surface area contributed by atoms with Gasteiger partial charge in [0.25, 0.3) is 0 Å². The molecule has 0 saturated carbocycles. The van der Waals surface area contributed by atoms with Crippen molar-refractivity contribution in [2.24, 2.45) is 0 Å². The summed E-state index contributed by atoms with van der Waals surface area (Å²) < 4.78 is 73.7. The molecule has 0 amide bonds. The van der Waals surface area contributed by atoms with E-state index in [2.05, 4.69) is 109 Å². The summed E-state index contributed by atoms with van der Waals surface area (Å²) in [5, 5.41) is 3.99. The van der Waals surface area contributed by atoms with E-state index in [1.54, 1.807) is 0 Å². The van der Waals surface area contributed by atoms with E-state index < -0.39 is 5.41 Å². The first-order valence-corrected chi connectivity index (χ1v) is 22.9. The second-order valence-electron chi connectivity index (χ2n) is 17.0. The van der Waals surface area contributed by atoms with Crippen LogP contribution in [0.3, 0.4) is 0 Å². The number of ether oxygens (including phenoxy) is 12. The lowest BCUT2D eigenvalue weighted by atomic mass is 9.64. The van der Waals surface area contributed by atoms with Gasteiger partial charge < -0.3 is 56.8 Å². The molecule has 1 aliphatic carbocycles. The fourth-order valence-corrected chi connectivity index (χ4v) is 9.09. The smallest absolute Gasteiger partial charge is 0.166 e. The maximum absolute atomic E-state index is 7.13. The standard InChI is InChI=1S/C53H54O12/c1-3-11-41-35(9-1)25-47(58-21-17-54-27-37-31-62-37)51(60-23-19-56-29-39-33-64-39)49(41)53(45-15-7-5-13-43(45)44-14-6-8-16-46(44)53)50-42-12-4-2-10-36(42)26-48(59-22-18-55-28-38-32-63-38)52(50)61-24-20-57-30-40-34-65-40/h1-16,25-26,37-40H,17-24,27-34H2. The Kier molecular flexibility index (Phi) is 12.6. The van der Waals surface area contributed by atoms with Crippen molar-refractivity contribution < 1.29 is 56.8 Å². The Morgan fingerprint density at radius 1 is 0.400 bits per heavy atom. The minimum atomic E-state index is -1.07. The van der Waals surface area contributed by atoms with Crippen LogP contribution in [0.1, 0.15) is 22.3 Å². The Morgan fingerprint density at radius 3 is 1.12 bits per heavy atom. The molecule has 12 nitrogen and oxygen atoms in total. The van der Waals surface area contributed by atoms with E-state index in [1.165, 1.54) is 0 Å². The van der Waals surface area contributed by atoms with Crippen LogP contribution in [0.15, 0.2) is 109 Å². The van der Waals surface area contributed by atoms with Crippen LogP contribution in [-0.2, 0) is 43.3 Å². The molecule has 6 aromatic carbocycles. The van der Waals surface area contributed by atoms with Gasteiger partial charge in [0, 0.05) is 11.1 Å². The van der Waals surface area contributed by atoms with Crippen LogP contribution in [0.25, 0.3) is 32.7 Å². The average molecular weight is 883 g/mol. The average Bonchev–Trinajstić information content (AvgIpc) is 4.11. The van der Waals surface area contributed by atoms with E-state index in [-0.39, 0.29) is 37.6 Å². The maximum Gasteiger partial charge on any atom is 0.166 e. The number of epoxide rings is 4. The van der Waals surface area contributed by atoms with Gasteiger partial charge in [-0.05, 0) is 55.9 Å². The summed E-state index contributed by atoms with van der Waals surface area (Å²) in [5.74, 6) is 2.42. The highest BCUT2D eigenvalue weighted by atomic mass is 16.6. The normalized spacial score (nSPS) is 20.6. The van der Waals surface area contributed by atoms with Gasteiger partial charge in [-0.3, -0.25) is 0 Å². The van der Waals surface area contributed by atoms with Crippen LogP contribution < -0.4 is 18.9 Å². The lowest BCUT2D eigenvalue weighted by Crippen LogP contribution is -2.32. The molecule has 0 N–H and O–H groups in total. The monoisotopic (exact) mass is 882 g/mol. The van der Waals surface area contributed by atoms with E-state index >= 15 is 0 Å². The van der Waals surface area contributed by atoms with Gasteiger partial charge in [0.05, 0.1) is 84.7 Å². The van der Waals surface area contributed by atoms with Crippen molar-refractivity contribution in [2.45, 2.75) is 29.8 Å².